The van der Waals surface area contributed by atoms with Gasteiger partial charge in [-0.1, -0.05) is 30.3 Å². The highest BCUT2D eigenvalue weighted by atomic mass is 32.2. The average molecular weight is 453 g/mol. The van der Waals surface area contributed by atoms with E-state index in [2.05, 4.69) is 5.32 Å². The number of rotatable bonds is 8. The summed E-state index contributed by atoms with van der Waals surface area (Å²) < 4.78 is 0. The Morgan fingerprint density at radius 1 is 1.17 bits per heavy atom. The summed E-state index contributed by atoms with van der Waals surface area (Å²) in [6, 6.07) is 7.06. The molecule has 0 aliphatic carbocycles. The Hall–Kier alpha value is -1.71. The smallest absolute Gasteiger partial charge is 0.327 e. The van der Waals surface area contributed by atoms with Crippen LogP contribution in [0.2, 0.25) is 0 Å². The predicted molar refractivity (Wildman–Crippen MR) is 119 cm³/mol. The molecule has 1 amide bonds. The van der Waals surface area contributed by atoms with Crippen molar-refractivity contribution in [3.05, 3.63) is 35.9 Å². The molecule has 0 bridgehead atoms. The molecule has 2 heterocycles. The normalized spacial score (nSPS) is 25.8. The Bertz CT molecular complexity index is 763. The molecule has 5 atom stereocenters. The van der Waals surface area contributed by atoms with Gasteiger partial charge in [0.15, 0.2) is 0 Å². The highest BCUT2D eigenvalue weighted by molar-refractivity contribution is 8.07. The van der Waals surface area contributed by atoms with Crippen molar-refractivity contribution in [1.82, 2.24) is 10.2 Å². The van der Waals surface area contributed by atoms with Gasteiger partial charge < -0.3 is 15.1 Å². The molecule has 0 aromatic heterocycles. The van der Waals surface area contributed by atoms with Crippen LogP contribution in [0.3, 0.4) is 0 Å². The number of carboxylic acids is 2. The number of benzene rings is 1. The van der Waals surface area contributed by atoms with E-state index < -0.39 is 30.1 Å². The molecule has 1 aromatic rings. The number of aryl methyl sites for hydroxylation is 1. The van der Waals surface area contributed by atoms with Crippen LogP contribution in [0.1, 0.15) is 25.3 Å². The highest BCUT2D eigenvalue weighted by Gasteiger charge is 2.46. The van der Waals surface area contributed by atoms with Crippen LogP contribution in [0.5, 0.6) is 0 Å². The molecule has 0 spiro atoms. The highest BCUT2D eigenvalue weighted by Crippen LogP contribution is 2.40. The van der Waals surface area contributed by atoms with Crippen molar-refractivity contribution in [3.63, 3.8) is 0 Å². The molecule has 2 saturated heterocycles. The first-order valence-electron chi connectivity index (χ1n) is 10.2. The zero-order valence-corrected chi connectivity index (χ0v) is 18.5. The van der Waals surface area contributed by atoms with Crippen LogP contribution in [-0.2, 0) is 20.8 Å². The summed E-state index contributed by atoms with van der Waals surface area (Å²) in [6.07, 6.45) is 1.68. The van der Waals surface area contributed by atoms with Gasteiger partial charge in [-0.3, -0.25) is 14.9 Å². The lowest BCUT2D eigenvalue weighted by Gasteiger charge is -2.45. The van der Waals surface area contributed by atoms with E-state index in [9.17, 15) is 24.6 Å². The van der Waals surface area contributed by atoms with Crippen molar-refractivity contribution in [2.45, 2.75) is 54.8 Å². The van der Waals surface area contributed by atoms with E-state index in [1.54, 1.807) is 30.4 Å². The number of carboxylic acid groups (broad SMARTS) is 2. The van der Waals surface area contributed by atoms with Crippen LogP contribution in [0, 0.1) is 0 Å². The van der Waals surface area contributed by atoms with Gasteiger partial charge in [0.25, 0.3) is 0 Å². The minimum absolute atomic E-state index is 0.125. The number of aliphatic carboxylic acids is 2. The number of piperidine rings is 1. The zero-order chi connectivity index (χ0) is 21.7. The Kier molecular flexibility index (Phi) is 8.07. The first-order valence-corrected chi connectivity index (χ1v) is 12.3. The molecule has 9 heteroatoms. The first kappa shape index (κ1) is 23.0. The number of nitrogens with zero attached hydrogens (tertiary/aromatic N) is 1. The molecular formula is C21H28N2O5S2. The molecule has 2 aliphatic rings. The minimum atomic E-state index is -1.02. The fourth-order valence-corrected chi connectivity index (χ4v) is 7.31. The number of carbonyl (C=O) groups is 3. The summed E-state index contributed by atoms with van der Waals surface area (Å²) in [6.45, 7) is 2.01. The van der Waals surface area contributed by atoms with Gasteiger partial charge in [0.2, 0.25) is 5.91 Å². The Morgan fingerprint density at radius 3 is 2.53 bits per heavy atom. The van der Waals surface area contributed by atoms with E-state index in [1.165, 1.54) is 4.90 Å². The molecular weight excluding hydrogens is 424 g/mol. The second kappa shape index (κ2) is 10.5. The van der Waals surface area contributed by atoms with Gasteiger partial charge in [-0.15, -0.1) is 0 Å². The van der Waals surface area contributed by atoms with E-state index in [1.807, 2.05) is 30.3 Å². The molecule has 30 heavy (non-hydrogen) atoms. The van der Waals surface area contributed by atoms with Crippen LogP contribution in [0.15, 0.2) is 30.3 Å². The largest absolute Gasteiger partial charge is 0.480 e. The third kappa shape index (κ3) is 5.50. The Labute approximate surface area is 185 Å². The summed E-state index contributed by atoms with van der Waals surface area (Å²) in [5, 5.41) is 22.5. The van der Waals surface area contributed by atoms with Crippen LogP contribution < -0.4 is 5.32 Å². The lowest BCUT2D eigenvalue weighted by molar-refractivity contribution is -0.152. The van der Waals surface area contributed by atoms with Gasteiger partial charge in [0, 0.05) is 28.6 Å². The van der Waals surface area contributed by atoms with Crippen molar-refractivity contribution < 1.29 is 24.6 Å². The van der Waals surface area contributed by atoms with Gasteiger partial charge in [0.05, 0.1) is 6.04 Å². The molecule has 3 unspecified atom stereocenters. The number of hydrogen-bond acceptors (Lipinski definition) is 6. The number of likely N-dealkylation sites (tertiary alicyclic amines) is 1. The number of thioether (sulfide) groups is 2. The molecule has 0 saturated carbocycles. The van der Waals surface area contributed by atoms with Crippen molar-refractivity contribution in [1.29, 1.82) is 0 Å². The summed E-state index contributed by atoms with van der Waals surface area (Å²) in [5.74, 6) is -0.460. The second-order valence-electron chi connectivity index (χ2n) is 7.65. The molecule has 164 valence electrons. The number of nitrogens with one attached hydrogen (secondary N) is 1. The van der Waals surface area contributed by atoms with Crippen LogP contribution in [-0.4, -0.2) is 79.6 Å². The molecule has 7 nitrogen and oxygen atoms in total. The van der Waals surface area contributed by atoms with Crippen molar-refractivity contribution in [2.75, 3.05) is 18.1 Å². The molecule has 2 aliphatic heterocycles. The van der Waals surface area contributed by atoms with Crippen molar-refractivity contribution >= 4 is 41.4 Å². The molecule has 2 fully saturated rings. The third-order valence-corrected chi connectivity index (χ3v) is 8.85. The van der Waals surface area contributed by atoms with Crippen LogP contribution in [0.4, 0.5) is 0 Å². The van der Waals surface area contributed by atoms with Crippen LogP contribution >= 0.6 is 23.5 Å². The topological polar surface area (TPSA) is 107 Å². The van der Waals surface area contributed by atoms with Gasteiger partial charge in [0.1, 0.15) is 12.1 Å². The second-order valence-corrected chi connectivity index (χ2v) is 10.3. The van der Waals surface area contributed by atoms with Gasteiger partial charge in [-0.25, -0.2) is 4.79 Å². The van der Waals surface area contributed by atoms with E-state index in [0.717, 1.165) is 23.5 Å². The van der Waals surface area contributed by atoms with Gasteiger partial charge >= 0.3 is 11.9 Å². The predicted octanol–water partition coefficient (Wildman–Crippen LogP) is 1.95. The van der Waals surface area contributed by atoms with Crippen molar-refractivity contribution in [3.8, 4) is 0 Å². The number of carbonyl (C=O) groups excluding carboxylic acids is 1. The summed E-state index contributed by atoms with van der Waals surface area (Å²) in [5.41, 5.74) is 1.03. The van der Waals surface area contributed by atoms with E-state index >= 15 is 0 Å². The quantitative estimate of drug-likeness (QED) is 0.550. The fourth-order valence-electron chi connectivity index (χ4n) is 4.09. The van der Waals surface area contributed by atoms with E-state index in [-0.39, 0.29) is 16.4 Å². The maximum absolute atomic E-state index is 13.1. The first-order chi connectivity index (χ1) is 14.4. The van der Waals surface area contributed by atoms with E-state index in [4.69, 9.17) is 0 Å². The maximum atomic E-state index is 13.1. The molecule has 3 N–H and O–H groups in total. The zero-order valence-electron chi connectivity index (χ0n) is 16.9. The maximum Gasteiger partial charge on any atom is 0.327 e. The standard InChI is InChI=1S/C21H28N2O5S2/c1-13(22-15(20(25)26)8-7-14-5-3-2-4-6-14)19(24)23-10-9-16-18(17(23)21(27)28)30-12-11-29-16/h2-6,13,15-18,22H,7-12H2,1H3,(H,25,26)(H,27,28)/t13?,15-,16?,17+,18?/m0/s1. The molecule has 3 rings (SSSR count). The summed E-state index contributed by atoms with van der Waals surface area (Å²) in [4.78, 5) is 38.3. The SMILES string of the molecule is CC(N[C@@H](CCc1ccccc1)C(=O)O)C(=O)N1CCC2SCCSC2[C@@H]1C(=O)O. The number of amides is 1. The average Bonchev–Trinajstić information content (AvgIpc) is 2.75. The Balaban J connectivity index is 1.65. The monoisotopic (exact) mass is 452 g/mol. The number of fused-ring (bicyclic) bond motifs is 1. The third-order valence-electron chi connectivity index (χ3n) is 5.61. The fraction of sp³-hybridized carbons (Fsp3) is 0.571. The van der Waals surface area contributed by atoms with Crippen LogP contribution in [0.25, 0.3) is 0 Å². The lowest BCUT2D eigenvalue weighted by atomic mass is 9.99. The molecule has 1 aromatic carbocycles. The number of hydrogen-bond donors (Lipinski definition) is 3. The lowest BCUT2D eigenvalue weighted by Crippen LogP contribution is -2.62. The summed E-state index contributed by atoms with van der Waals surface area (Å²) >= 11 is 3.42. The molecule has 0 radical (unpaired) electrons. The van der Waals surface area contributed by atoms with E-state index in [0.29, 0.717) is 19.4 Å². The summed E-state index contributed by atoms with van der Waals surface area (Å²) in [7, 11) is 0. The Morgan fingerprint density at radius 2 is 1.87 bits per heavy atom. The van der Waals surface area contributed by atoms with Crippen molar-refractivity contribution in [2.24, 2.45) is 0 Å². The van der Waals surface area contributed by atoms with Gasteiger partial charge in [-0.2, -0.15) is 23.5 Å². The minimum Gasteiger partial charge on any atom is -0.480 e. The van der Waals surface area contributed by atoms with Gasteiger partial charge in [-0.05, 0) is 31.7 Å².